The average molecular weight is 321 g/mol. The van der Waals surface area contributed by atoms with Gasteiger partial charge in [0.15, 0.2) is 0 Å². The number of aryl methyl sites for hydroxylation is 1. The molecule has 0 aliphatic rings. The Hall–Kier alpha value is -1.06. The Labute approximate surface area is 124 Å². The summed E-state index contributed by atoms with van der Waals surface area (Å²) in [4.78, 5) is 0. The predicted octanol–water partition coefficient (Wildman–Crippen LogP) is 4.51. The summed E-state index contributed by atoms with van der Waals surface area (Å²) < 4.78 is 3.38. The fourth-order valence-corrected chi connectivity index (χ4v) is 2.57. The maximum Gasteiger partial charge on any atom is 0.0295 e. The van der Waals surface area contributed by atoms with Crippen molar-refractivity contribution in [3.05, 3.63) is 58.3 Å². The SMILES string of the molecule is CCCn1ccc(CN[C@@H](C)c2cccc(Br)c2)c1. The van der Waals surface area contributed by atoms with Crippen molar-refractivity contribution < 1.29 is 0 Å². The first-order valence-corrected chi connectivity index (χ1v) is 7.62. The van der Waals surface area contributed by atoms with Gasteiger partial charge in [0, 0.05) is 36.0 Å². The molecule has 0 radical (unpaired) electrons. The molecule has 0 saturated heterocycles. The van der Waals surface area contributed by atoms with Crippen molar-refractivity contribution in [2.75, 3.05) is 0 Å². The van der Waals surface area contributed by atoms with Gasteiger partial charge in [-0.15, -0.1) is 0 Å². The molecule has 1 N–H and O–H groups in total. The van der Waals surface area contributed by atoms with Crippen LogP contribution >= 0.6 is 15.9 Å². The number of nitrogens with zero attached hydrogens (tertiary/aromatic N) is 1. The van der Waals surface area contributed by atoms with Gasteiger partial charge in [0.2, 0.25) is 0 Å². The Morgan fingerprint density at radius 2 is 2.16 bits per heavy atom. The van der Waals surface area contributed by atoms with Gasteiger partial charge >= 0.3 is 0 Å². The summed E-state index contributed by atoms with van der Waals surface area (Å²) in [6.07, 6.45) is 5.56. The molecule has 0 amide bonds. The Morgan fingerprint density at radius 3 is 2.89 bits per heavy atom. The normalized spacial score (nSPS) is 12.6. The van der Waals surface area contributed by atoms with Gasteiger partial charge in [-0.3, -0.25) is 0 Å². The van der Waals surface area contributed by atoms with Crippen LogP contribution in [0.1, 0.15) is 37.4 Å². The molecule has 1 aromatic carbocycles. The predicted molar refractivity (Wildman–Crippen MR) is 84.1 cm³/mol. The zero-order valence-corrected chi connectivity index (χ0v) is 13.2. The second-order valence-electron chi connectivity index (χ2n) is 4.92. The van der Waals surface area contributed by atoms with Gasteiger partial charge in [0.05, 0.1) is 0 Å². The van der Waals surface area contributed by atoms with Crippen molar-refractivity contribution in [1.82, 2.24) is 9.88 Å². The van der Waals surface area contributed by atoms with E-state index in [2.05, 4.69) is 82.4 Å². The number of rotatable bonds is 6. The standard InChI is InChI=1S/C16H21BrN2/c1-3-8-19-9-7-14(12-19)11-18-13(2)15-5-4-6-16(17)10-15/h4-7,9-10,12-13,18H,3,8,11H2,1-2H3/t13-/m0/s1. The zero-order valence-electron chi connectivity index (χ0n) is 11.6. The number of aromatic nitrogens is 1. The molecule has 0 saturated carbocycles. The summed E-state index contributed by atoms with van der Waals surface area (Å²) in [6, 6.07) is 11.0. The van der Waals surface area contributed by atoms with E-state index in [1.807, 2.05) is 0 Å². The summed E-state index contributed by atoms with van der Waals surface area (Å²) in [5.74, 6) is 0. The monoisotopic (exact) mass is 320 g/mol. The van der Waals surface area contributed by atoms with Crippen molar-refractivity contribution in [3.8, 4) is 0 Å². The molecule has 2 aromatic rings. The van der Waals surface area contributed by atoms with E-state index in [1.165, 1.54) is 17.5 Å². The molecule has 0 unspecified atom stereocenters. The van der Waals surface area contributed by atoms with Crippen LogP contribution in [-0.4, -0.2) is 4.57 Å². The third-order valence-corrected chi connectivity index (χ3v) is 3.75. The molecule has 1 aromatic heterocycles. The quantitative estimate of drug-likeness (QED) is 0.828. The molecule has 19 heavy (non-hydrogen) atoms. The molecule has 3 heteroatoms. The number of halogens is 1. The maximum atomic E-state index is 3.56. The second-order valence-corrected chi connectivity index (χ2v) is 5.83. The molecule has 0 bridgehead atoms. The van der Waals surface area contributed by atoms with Gasteiger partial charge in [0.25, 0.3) is 0 Å². The van der Waals surface area contributed by atoms with E-state index in [4.69, 9.17) is 0 Å². The Bertz CT molecular complexity index is 519. The maximum absolute atomic E-state index is 3.56. The van der Waals surface area contributed by atoms with Gasteiger partial charge in [-0.25, -0.2) is 0 Å². The van der Waals surface area contributed by atoms with Crippen LogP contribution in [0, 0.1) is 0 Å². The topological polar surface area (TPSA) is 17.0 Å². The van der Waals surface area contributed by atoms with E-state index in [0.29, 0.717) is 6.04 Å². The molecular formula is C16H21BrN2. The molecule has 1 atom stereocenters. The van der Waals surface area contributed by atoms with Gasteiger partial charge in [-0.05, 0) is 42.7 Å². The Kier molecular flexibility index (Phi) is 5.23. The molecule has 0 fully saturated rings. The lowest BCUT2D eigenvalue weighted by Crippen LogP contribution is -2.17. The van der Waals surface area contributed by atoms with Crippen molar-refractivity contribution in [2.24, 2.45) is 0 Å². The summed E-state index contributed by atoms with van der Waals surface area (Å²) in [5, 5.41) is 3.56. The van der Waals surface area contributed by atoms with Gasteiger partial charge in [-0.1, -0.05) is 35.0 Å². The number of hydrogen-bond donors (Lipinski definition) is 1. The van der Waals surface area contributed by atoms with Crippen molar-refractivity contribution in [1.29, 1.82) is 0 Å². The molecule has 102 valence electrons. The highest BCUT2D eigenvalue weighted by Gasteiger charge is 2.05. The average Bonchev–Trinajstić information content (AvgIpc) is 2.84. The van der Waals surface area contributed by atoms with Crippen LogP contribution in [0.25, 0.3) is 0 Å². The summed E-state index contributed by atoms with van der Waals surface area (Å²) in [6.45, 7) is 6.41. The first kappa shape index (κ1) is 14.4. The largest absolute Gasteiger partial charge is 0.354 e. The molecule has 0 spiro atoms. The lowest BCUT2D eigenvalue weighted by Gasteiger charge is -2.14. The molecule has 2 nitrogen and oxygen atoms in total. The second kappa shape index (κ2) is 6.92. The summed E-state index contributed by atoms with van der Waals surface area (Å²) in [5.41, 5.74) is 2.65. The molecule has 0 aliphatic carbocycles. The van der Waals surface area contributed by atoms with Gasteiger partial charge in [0.1, 0.15) is 0 Å². The highest BCUT2D eigenvalue weighted by molar-refractivity contribution is 9.10. The van der Waals surface area contributed by atoms with Crippen LogP contribution < -0.4 is 5.32 Å². The van der Waals surface area contributed by atoms with Crippen molar-refractivity contribution in [2.45, 2.75) is 39.4 Å². The fraction of sp³-hybridized carbons (Fsp3) is 0.375. The van der Waals surface area contributed by atoms with Crippen LogP contribution in [0.4, 0.5) is 0 Å². The smallest absolute Gasteiger partial charge is 0.0295 e. The van der Waals surface area contributed by atoms with Crippen LogP contribution in [0.3, 0.4) is 0 Å². The highest BCUT2D eigenvalue weighted by atomic mass is 79.9. The number of nitrogens with one attached hydrogen (secondary N) is 1. The molecule has 1 heterocycles. The third kappa shape index (κ3) is 4.22. The van der Waals surface area contributed by atoms with E-state index in [1.54, 1.807) is 0 Å². The van der Waals surface area contributed by atoms with E-state index in [0.717, 1.165) is 17.6 Å². The number of hydrogen-bond acceptors (Lipinski definition) is 1. The first-order valence-electron chi connectivity index (χ1n) is 6.82. The van der Waals surface area contributed by atoms with E-state index in [-0.39, 0.29) is 0 Å². The zero-order chi connectivity index (χ0) is 13.7. The van der Waals surface area contributed by atoms with Crippen molar-refractivity contribution in [3.63, 3.8) is 0 Å². The van der Waals surface area contributed by atoms with Gasteiger partial charge < -0.3 is 9.88 Å². The van der Waals surface area contributed by atoms with Crippen LogP contribution in [-0.2, 0) is 13.1 Å². The van der Waals surface area contributed by atoms with Crippen LogP contribution in [0.5, 0.6) is 0 Å². The van der Waals surface area contributed by atoms with Crippen LogP contribution in [0.15, 0.2) is 47.2 Å². The minimum Gasteiger partial charge on any atom is -0.354 e. The molecule has 0 aliphatic heterocycles. The highest BCUT2D eigenvalue weighted by Crippen LogP contribution is 2.18. The Balaban J connectivity index is 1.90. The van der Waals surface area contributed by atoms with Crippen LogP contribution in [0.2, 0.25) is 0 Å². The third-order valence-electron chi connectivity index (χ3n) is 3.25. The summed E-state index contributed by atoms with van der Waals surface area (Å²) in [7, 11) is 0. The van der Waals surface area contributed by atoms with E-state index >= 15 is 0 Å². The lowest BCUT2D eigenvalue weighted by molar-refractivity contribution is 0.573. The minimum atomic E-state index is 0.354. The number of benzene rings is 1. The molecule has 2 rings (SSSR count). The van der Waals surface area contributed by atoms with E-state index in [9.17, 15) is 0 Å². The summed E-state index contributed by atoms with van der Waals surface area (Å²) >= 11 is 3.52. The minimum absolute atomic E-state index is 0.354. The van der Waals surface area contributed by atoms with E-state index < -0.39 is 0 Å². The Morgan fingerprint density at radius 1 is 1.32 bits per heavy atom. The van der Waals surface area contributed by atoms with Gasteiger partial charge in [-0.2, -0.15) is 0 Å². The first-order chi connectivity index (χ1) is 9.19. The van der Waals surface area contributed by atoms with Crippen molar-refractivity contribution >= 4 is 15.9 Å². The molecular weight excluding hydrogens is 300 g/mol. The lowest BCUT2D eigenvalue weighted by atomic mass is 10.1. The fourth-order valence-electron chi connectivity index (χ4n) is 2.16.